The molecule has 0 aliphatic heterocycles. The number of hydrogen-bond donors (Lipinski definition) is 0. The van der Waals surface area contributed by atoms with Gasteiger partial charge in [-0.25, -0.2) is 9.78 Å². The molecule has 0 spiro atoms. The summed E-state index contributed by atoms with van der Waals surface area (Å²) in [5.74, 6) is -0.403. The van der Waals surface area contributed by atoms with E-state index in [4.69, 9.17) is 4.74 Å². The predicted octanol–water partition coefficient (Wildman–Crippen LogP) is 3.95. The van der Waals surface area contributed by atoms with Crippen LogP contribution in [0.25, 0.3) is 10.8 Å². The molecular formula is C14H14BrNO2. The Morgan fingerprint density at radius 3 is 2.72 bits per heavy atom. The van der Waals surface area contributed by atoms with Crippen molar-refractivity contribution in [2.45, 2.75) is 26.4 Å². The Morgan fingerprint density at radius 2 is 2.06 bits per heavy atom. The second kappa shape index (κ2) is 4.69. The predicted molar refractivity (Wildman–Crippen MR) is 74.6 cm³/mol. The van der Waals surface area contributed by atoms with Crippen molar-refractivity contribution >= 4 is 32.7 Å². The largest absolute Gasteiger partial charge is 0.455 e. The molecule has 0 amide bonds. The highest BCUT2D eigenvalue weighted by molar-refractivity contribution is 9.10. The van der Waals surface area contributed by atoms with Crippen molar-refractivity contribution < 1.29 is 9.53 Å². The number of fused-ring (bicyclic) bond motifs is 1. The first-order valence-electron chi connectivity index (χ1n) is 5.64. The minimum Gasteiger partial charge on any atom is -0.455 e. The van der Waals surface area contributed by atoms with Crippen LogP contribution in [0.1, 0.15) is 31.3 Å². The van der Waals surface area contributed by atoms with Gasteiger partial charge in [-0.3, -0.25) is 0 Å². The lowest BCUT2D eigenvalue weighted by Gasteiger charge is -2.19. The Bertz CT molecular complexity index is 602. The summed E-state index contributed by atoms with van der Waals surface area (Å²) in [6, 6.07) is 7.56. The zero-order chi connectivity index (χ0) is 13.3. The molecule has 0 fully saturated rings. The smallest absolute Gasteiger partial charge is 0.357 e. The minimum absolute atomic E-state index is 0.323. The van der Waals surface area contributed by atoms with Gasteiger partial charge in [0, 0.05) is 16.1 Å². The Labute approximate surface area is 114 Å². The first-order chi connectivity index (χ1) is 8.37. The van der Waals surface area contributed by atoms with E-state index in [2.05, 4.69) is 20.9 Å². The van der Waals surface area contributed by atoms with Crippen LogP contribution in [0.15, 0.2) is 34.9 Å². The highest BCUT2D eigenvalue weighted by Crippen LogP contribution is 2.24. The summed E-state index contributed by atoms with van der Waals surface area (Å²) >= 11 is 3.46. The van der Waals surface area contributed by atoms with Crippen LogP contribution in [0.3, 0.4) is 0 Å². The van der Waals surface area contributed by atoms with Crippen molar-refractivity contribution in [2.75, 3.05) is 0 Å². The summed E-state index contributed by atoms with van der Waals surface area (Å²) in [4.78, 5) is 16.1. The fourth-order valence-corrected chi connectivity index (χ4v) is 2.07. The van der Waals surface area contributed by atoms with Crippen molar-refractivity contribution in [3.63, 3.8) is 0 Å². The maximum atomic E-state index is 11.9. The number of ether oxygens (including phenoxy) is 1. The summed E-state index contributed by atoms with van der Waals surface area (Å²) in [7, 11) is 0. The molecule has 18 heavy (non-hydrogen) atoms. The molecule has 1 heterocycles. The van der Waals surface area contributed by atoms with Crippen LogP contribution >= 0.6 is 15.9 Å². The molecule has 0 atom stereocenters. The van der Waals surface area contributed by atoms with Gasteiger partial charge < -0.3 is 4.74 Å². The number of rotatable bonds is 1. The first-order valence-corrected chi connectivity index (χ1v) is 6.44. The number of hydrogen-bond acceptors (Lipinski definition) is 3. The molecule has 0 saturated heterocycles. The van der Waals surface area contributed by atoms with E-state index in [1.807, 2.05) is 39.0 Å². The number of nitrogens with zero attached hydrogens (tertiary/aromatic N) is 1. The van der Waals surface area contributed by atoms with Crippen LogP contribution < -0.4 is 0 Å². The maximum absolute atomic E-state index is 11.9. The molecule has 0 N–H and O–H groups in total. The topological polar surface area (TPSA) is 39.2 Å². The van der Waals surface area contributed by atoms with Crippen molar-refractivity contribution in [1.82, 2.24) is 4.98 Å². The van der Waals surface area contributed by atoms with Crippen LogP contribution in [0.2, 0.25) is 0 Å². The van der Waals surface area contributed by atoms with E-state index in [0.29, 0.717) is 5.69 Å². The second-order valence-electron chi connectivity index (χ2n) is 5.03. The fraction of sp³-hybridized carbons (Fsp3) is 0.286. The van der Waals surface area contributed by atoms with Crippen LogP contribution in [0, 0.1) is 0 Å². The maximum Gasteiger partial charge on any atom is 0.357 e. The van der Waals surface area contributed by atoms with E-state index in [-0.39, 0.29) is 0 Å². The summed E-state index contributed by atoms with van der Waals surface area (Å²) < 4.78 is 6.23. The van der Waals surface area contributed by atoms with E-state index in [0.717, 1.165) is 15.2 Å². The zero-order valence-corrected chi connectivity index (χ0v) is 12.1. The summed E-state index contributed by atoms with van der Waals surface area (Å²) in [5.41, 5.74) is -0.189. The molecule has 0 aliphatic carbocycles. The third-order valence-electron chi connectivity index (χ3n) is 2.32. The molecule has 0 aliphatic rings. The second-order valence-corrected chi connectivity index (χ2v) is 5.89. The monoisotopic (exact) mass is 307 g/mol. The lowest BCUT2D eigenvalue weighted by molar-refractivity contribution is 0.00631. The van der Waals surface area contributed by atoms with E-state index in [1.165, 1.54) is 0 Å². The number of carbonyl (C=O) groups is 1. The Hall–Kier alpha value is -1.42. The first kappa shape index (κ1) is 13.0. The standard InChI is InChI=1S/C14H14BrNO2/c1-14(2,3)18-13(17)12-7-10-9(8-16-12)5-4-6-11(10)15/h4-8H,1-3H3. The normalized spacial score (nSPS) is 11.6. The summed E-state index contributed by atoms with van der Waals surface area (Å²) in [5, 5.41) is 1.94. The van der Waals surface area contributed by atoms with Gasteiger partial charge in [0.15, 0.2) is 0 Å². The van der Waals surface area contributed by atoms with Gasteiger partial charge in [0.25, 0.3) is 0 Å². The number of halogens is 1. The van der Waals surface area contributed by atoms with Gasteiger partial charge >= 0.3 is 5.97 Å². The quantitative estimate of drug-likeness (QED) is 0.749. The lowest BCUT2D eigenvalue weighted by Crippen LogP contribution is -2.24. The number of esters is 1. The molecular weight excluding hydrogens is 294 g/mol. The van der Waals surface area contributed by atoms with E-state index in [1.54, 1.807) is 12.3 Å². The third kappa shape index (κ3) is 2.88. The number of carbonyl (C=O) groups excluding carboxylic acids is 1. The van der Waals surface area contributed by atoms with Gasteiger partial charge in [0.05, 0.1) is 0 Å². The third-order valence-corrected chi connectivity index (χ3v) is 3.01. The zero-order valence-electron chi connectivity index (χ0n) is 10.5. The van der Waals surface area contributed by atoms with Crippen molar-refractivity contribution in [2.24, 2.45) is 0 Å². The summed E-state index contributed by atoms with van der Waals surface area (Å²) in [6.45, 7) is 5.51. The lowest BCUT2D eigenvalue weighted by atomic mass is 10.1. The molecule has 0 saturated carbocycles. The molecule has 0 unspecified atom stereocenters. The van der Waals surface area contributed by atoms with Crippen LogP contribution in [0.5, 0.6) is 0 Å². The van der Waals surface area contributed by atoms with Gasteiger partial charge in [-0.2, -0.15) is 0 Å². The molecule has 4 heteroatoms. The fourth-order valence-electron chi connectivity index (χ4n) is 1.57. The van der Waals surface area contributed by atoms with Crippen molar-refractivity contribution in [3.8, 4) is 0 Å². The Morgan fingerprint density at radius 1 is 1.33 bits per heavy atom. The molecule has 2 rings (SSSR count). The molecule has 1 aromatic heterocycles. The minimum atomic E-state index is -0.512. The van der Waals surface area contributed by atoms with Gasteiger partial charge in [0.1, 0.15) is 11.3 Å². The van der Waals surface area contributed by atoms with Crippen LogP contribution in [-0.2, 0) is 4.74 Å². The summed E-state index contributed by atoms with van der Waals surface area (Å²) in [6.07, 6.45) is 1.68. The molecule has 0 radical (unpaired) electrons. The van der Waals surface area contributed by atoms with E-state index >= 15 is 0 Å². The molecule has 2 aromatic rings. The Kier molecular flexibility index (Phi) is 3.39. The highest BCUT2D eigenvalue weighted by atomic mass is 79.9. The average Bonchev–Trinajstić information content (AvgIpc) is 2.27. The van der Waals surface area contributed by atoms with Crippen LogP contribution in [0.4, 0.5) is 0 Å². The van der Waals surface area contributed by atoms with Crippen LogP contribution in [-0.4, -0.2) is 16.6 Å². The SMILES string of the molecule is CC(C)(C)OC(=O)c1cc2c(Br)cccc2cn1. The molecule has 0 bridgehead atoms. The number of aromatic nitrogens is 1. The van der Waals surface area contributed by atoms with Gasteiger partial charge in [0.2, 0.25) is 0 Å². The molecule has 3 nitrogen and oxygen atoms in total. The number of benzene rings is 1. The molecule has 94 valence electrons. The molecule has 1 aromatic carbocycles. The van der Waals surface area contributed by atoms with Gasteiger partial charge in [-0.15, -0.1) is 0 Å². The van der Waals surface area contributed by atoms with Crippen molar-refractivity contribution in [3.05, 3.63) is 40.6 Å². The van der Waals surface area contributed by atoms with E-state index < -0.39 is 11.6 Å². The van der Waals surface area contributed by atoms with Crippen molar-refractivity contribution in [1.29, 1.82) is 0 Å². The average molecular weight is 308 g/mol. The Balaban J connectivity index is 2.41. The number of pyridine rings is 1. The van der Waals surface area contributed by atoms with Gasteiger partial charge in [-0.1, -0.05) is 28.1 Å². The van der Waals surface area contributed by atoms with E-state index in [9.17, 15) is 4.79 Å². The highest BCUT2D eigenvalue weighted by Gasteiger charge is 2.19. The van der Waals surface area contributed by atoms with Gasteiger partial charge in [-0.05, 0) is 38.3 Å².